The van der Waals surface area contributed by atoms with E-state index in [0.717, 1.165) is 30.0 Å². The molecule has 2 aromatic heterocycles. The van der Waals surface area contributed by atoms with E-state index in [-0.39, 0.29) is 0 Å². The van der Waals surface area contributed by atoms with Gasteiger partial charge in [-0.15, -0.1) is 0 Å². The summed E-state index contributed by atoms with van der Waals surface area (Å²) in [5.41, 5.74) is 9.13. The average Bonchev–Trinajstić information content (AvgIpc) is 2.90. The van der Waals surface area contributed by atoms with Gasteiger partial charge in [-0.25, -0.2) is 4.98 Å². The van der Waals surface area contributed by atoms with Crippen LogP contribution in [0.3, 0.4) is 0 Å². The summed E-state index contributed by atoms with van der Waals surface area (Å²) < 4.78 is 2.13. The fourth-order valence-corrected chi connectivity index (χ4v) is 2.20. The molecule has 0 saturated carbocycles. The van der Waals surface area contributed by atoms with Crippen LogP contribution < -0.4 is 5.73 Å². The Morgan fingerprint density at radius 1 is 1.00 bits per heavy atom. The third-order valence-corrected chi connectivity index (χ3v) is 3.31. The molecule has 2 N–H and O–H groups in total. The molecule has 0 aliphatic rings. The maximum atomic E-state index is 6.00. The van der Waals surface area contributed by atoms with E-state index in [1.165, 1.54) is 5.56 Å². The number of hydrogen-bond donors (Lipinski definition) is 1. The molecule has 0 atom stereocenters. The van der Waals surface area contributed by atoms with Gasteiger partial charge in [0.15, 0.2) is 0 Å². The van der Waals surface area contributed by atoms with Gasteiger partial charge in [0, 0.05) is 36.9 Å². The number of nitrogens with zero attached hydrogens (tertiary/aromatic N) is 3. The van der Waals surface area contributed by atoms with Gasteiger partial charge in [0.2, 0.25) is 0 Å². The predicted molar refractivity (Wildman–Crippen MR) is 79.2 cm³/mol. The predicted octanol–water partition coefficient (Wildman–Crippen LogP) is 2.50. The minimum Gasteiger partial charge on any atom is -0.398 e. The lowest BCUT2D eigenvalue weighted by Gasteiger charge is -2.10. The second-order valence-electron chi connectivity index (χ2n) is 4.70. The summed E-state index contributed by atoms with van der Waals surface area (Å²) in [5, 5.41) is 0. The maximum Gasteiger partial charge on any atom is 0.113 e. The molecule has 20 heavy (non-hydrogen) atoms. The molecule has 0 fully saturated rings. The molecular weight excluding hydrogens is 248 g/mol. The number of nitrogen functional groups attached to an aromatic ring is 1. The van der Waals surface area contributed by atoms with Crippen molar-refractivity contribution >= 4 is 5.69 Å². The Balaban J connectivity index is 1.82. The van der Waals surface area contributed by atoms with Crippen molar-refractivity contribution in [3.8, 4) is 0 Å². The van der Waals surface area contributed by atoms with Crippen molar-refractivity contribution in [1.82, 2.24) is 14.5 Å². The number of benzene rings is 1. The summed E-state index contributed by atoms with van der Waals surface area (Å²) in [6, 6.07) is 11.9. The Labute approximate surface area is 117 Å². The number of rotatable bonds is 4. The van der Waals surface area contributed by atoms with Gasteiger partial charge in [0.05, 0.1) is 6.54 Å². The molecule has 0 spiro atoms. The normalized spacial score (nSPS) is 10.6. The smallest absolute Gasteiger partial charge is 0.113 e. The van der Waals surface area contributed by atoms with Gasteiger partial charge in [-0.3, -0.25) is 4.98 Å². The largest absolute Gasteiger partial charge is 0.398 e. The fraction of sp³-hybridized carbons (Fsp3) is 0.125. The van der Waals surface area contributed by atoms with E-state index in [2.05, 4.69) is 14.5 Å². The number of hydrogen-bond acceptors (Lipinski definition) is 3. The lowest BCUT2D eigenvalue weighted by molar-refractivity contribution is 0.741. The summed E-state index contributed by atoms with van der Waals surface area (Å²) >= 11 is 0. The highest BCUT2D eigenvalue weighted by atomic mass is 15.1. The Kier molecular flexibility index (Phi) is 3.46. The Morgan fingerprint density at radius 2 is 1.80 bits per heavy atom. The summed E-state index contributed by atoms with van der Waals surface area (Å²) in [6.07, 6.45) is 8.22. The number of anilines is 1. The molecule has 0 bridgehead atoms. The topological polar surface area (TPSA) is 56.7 Å². The number of para-hydroxylation sites is 1. The quantitative estimate of drug-likeness (QED) is 0.737. The van der Waals surface area contributed by atoms with E-state index in [0.29, 0.717) is 0 Å². The van der Waals surface area contributed by atoms with Gasteiger partial charge in [0.25, 0.3) is 0 Å². The molecule has 0 unspecified atom stereocenters. The van der Waals surface area contributed by atoms with Crippen molar-refractivity contribution in [3.05, 3.63) is 78.1 Å². The lowest BCUT2D eigenvalue weighted by Crippen LogP contribution is -2.07. The van der Waals surface area contributed by atoms with Crippen LogP contribution >= 0.6 is 0 Å². The lowest BCUT2D eigenvalue weighted by atomic mass is 10.1. The summed E-state index contributed by atoms with van der Waals surface area (Å²) in [5.74, 6) is 1.03. The second-order valence-corrected chi connectivity index (χ2v) is 4.70. The molecule has 3 aromatic rings. The average molecular weight is 264 g/mol. The minimum atomic E-state index is 0.743. The number of imidazole rings is 1. The molecule has 0 saturated heterocycles. The van der Waals surface area contributed by atoms with Gasteiger partial charge in [-0.2, -0.15) is 0 Å². The molecule has 1 aromatic carbocycles. The van der Waals surface area contributed by atoms with Crippen LogP contribution in [0, 0.1) is 0 Å². The molecule has 0 amide bonds. The Morgan fingerprint density at radius 3 is 2.60 bits per heavy atom. The van der Waals surface area contributed by atoms with E-state index in [1.807, 2.05) is 48.8 Å². The molecule has 0 aliphatic heterocycles. The molecule has 0 radical (unpaired) electrons. The van der Waals surface area contributed by atoms with E-state index < -0.39 is 0 Å². The number of pyridine rings is 1. The van der Waals surface area contributed by atoms with Crippen molar-refractivity contribution in [2.24, 2.45) is 0 Å². The van der Waals surface area contributed by atoms with Crippen molar-refractivity contribution in [3.63, 3.8) is 0 Å². The Hall–Kier alpha value is -2.62. The van der Waals surface area contributed by atoms with Gasteiger partial charge in [-0.05, 0) is 29.3 Å². The van der Waals surface area contributed by atoms with Crippen molar-refractivity contribution in [2.75, 3.05) is 5.73 Å². The molecule has 0 aliphatic carbocycles. The zero-order valence-corrected chi connectivity index (χ0v) is 11.1. The molecular formula is C16H16N4. The monoisotopic (exact) mass is 264 g/mol. The maximum absolute atomic E-state index is 6.00. The highest BCUT2D eigenvalue weighted by molar-refractivity contribution is 5.46. The first kappa shape index (κ1) is 12.4. The highest BCUT2D eigenvalue weighted by Gasteiger charge is 2.06. The first-order valence-electron chi connectivity index (χ1n) is 6.55. The van der Waals surface area contributed by atoms with Gasteiger partial charge >= 0.3 is 0 Å². The van der Waals surface area contributed by atoms with Crippen molar-refractivity contribution < 1.29 is 0 Å². The first-order valence-corrected chi connectivity index (χ1v) is 6.55. The third kappa shape index (κ3) is 2.69. The van der Waals surface area contributed by atoms with Crippen LogP contribution in [0.25, 0.3) is 0 Å². The molecule has 2 heterocycles. The SMILES string of the molecule is Nc1ccccc1Cn1ccnc1Cc1ccncc1. The summed E-state index contributed by atoms with van der Waals surface area (Å²) in [6.45, 7) is 0.743. The van der Waals surface area contributed by atoms with Crippen LogP contribution in [-0.2, 0) is 13.0 Å². The van der Waals surface area contributed by atoms with E-state index in [1.54, 1.807) is 12.4 Å². The van der Waals surface area contributed by atoms with Crippen LogP contribution in [-0.4, -0.2) is 14.5 Å². The number of aromatic nitrogens is 3. The van der Waals surface area contributed by atoms with Crippen LogP contribution in [0.4, 0.5) is 5.69 Å². The second kappa shape index (κ2) is 5.57. The highest BCUT2D eigenvalue weighted by Crippen LogP contribution is 2.14. The minimum absolute atomic E-state index is 0.743. The zero-order valence-electron chi connectivity index (χ0n) is 11.1. The van der Waals surface area contributed by atoms with Gasteiger partial charge in [0.1, 0.15) is 5.82 Å². The van der Waals surface area contributed by atoms with Gasteiger partial charge < -0.3 is 10.3 Å². The number of nitrogens with two attached hydrogens (primary N) is 1. The van der Waals surface area contributed by atoms with Crippen molar-refractivity contribution in [1.29, 1.82) is 0 Å². The third-order valence-electron chi connectivity index (χ3n) is 3.31. The summed E-state index contributed by atoms with van der Waals surface area (Å²) in [4.78, 5) is 8.47. The van der Waals surface area contributed by atoms with Crippen LogP contribution in [0.15, 0.2) is 61.2 Å². The van der Waals surface area contributed by atoms with Crippen LogP contribution in [0.2, 0.25) is 0 Å². The molecule has 4 heteroatoms. The molecule has 100 valence electrons. The fourth-order valence-electron chi connectivity index (χ4n) is 2.20. The molecule has 4 nitrogen and oxygen atoms in total. The zero-order chi connectivity index (χ0) is 13.8. The van der Waals surface area contributed by atoms with E-state index in [9.17, 15) is 0 Å². The Bertz CT molecular complexity index is 688. The van der Waals surface area contributed by atoms with Gasteiger partial charge in [-0.1, -0.05) is 18.2 Å². The summed E-state index contributed by atoms with van der Waals surface area (Å²) in [7, 11) is 0. The van der Waals surface area contributed by atoms with Crippen molar-refractivity contribution in [2.45, 2.75) is 13.0 Å². The van der Waals surface area contributed by atoms with E-state index >= 15 is 0 Å². The van der Waals surface area contributed by atoms with Crippen LogP contribution in [0.5, 0.6) is 0 Å². The first-order chi connectivity index (χ1) is 9.83. The van der Waals surface area contributed by atoms with Crippen LogP contribution in [0.1, 0.15) is 17.0 Å². The van der Waals surface area contributed by atoms with E-state index in [4.69, 9.17) is 5.73 Å². The standard InChI is InChI=1S/C16H16N4/c17-15-4-2-1-3-14(15)12-20-10-9-19-16(20)11-13-5-7-18-8-6-13/h1-10H,11-12,17H2. The molecule has 3 rings (SSSR count).